The molecule has 106 valence electrons. The minimum Gasteiger partial charge on any atom is -0.314 e. The van der Waals surface area contributed by atoms with E-state index in [1.165, 1.54) is 12.1 Å². The van der Waals surface area contributed by atoms with E-state index in [0.29, 0.717) is 16.4 Å². The van der Waals surface area contributed by atoms with Gasteiger partial charge in [0, 0.05) is 11.6 Å². The van der Waals surface area contributed by atoms with Crippen molar-refractivity contribution in [3.63, 3.8) is 0 Å². The number of nitrogens with one attached hydrogen (secondary N) is 1. The van der Waals surface area contributed by atoms with Gasteiger partial charge in [0.25, 0.3) is 0 Å². The molecule has 1 saturated carbocycles. The Labute approximate surface area is 121 Å². The molecule has 1 N–H and O–H groups in total. The first kappa shape index (κ1) is 14.9. The zero-order valence-electron chi connectivity index (χ0n) is 11.3. The van der Waals surface area contributed by atoms with Crippen molar-refractivity contribution >= 4 is 15.9 Å². The minimum absolute atomic E-state index is 0.0104. The zero-order valence-corrected chi connectivity index (χ0v) is 12.9. The van der Waals surface area contributed by atoms with E-state index in [0.717, 1.165) is 25.8 Å². The summed E-state index contributed by atoms with van der Waals surface area (Å²) in [5.41, 5.74) is 0.266. The van der Waals surface area contributed by atoms with Gasteiger partial charge in [0.2, 0.25) is 0 Å². The summed E-state index contributed by atoms with van der Waals surface area (Å²) in [7, 11) is 0. The highest BCUT2D eigenvalue weighted by Crippen LogP contribution is 2.42. The SMILES string of the molecule is CC(C)NCC1CCCC1c1c(F)ccc(Br)c1F. The highest BCUT2D eigenvalue weighted by Gasteiger charge is 2.33. The average Bonchev–Trinajstić information content (AvgIpc) is 2.80. The smallest absolute Gasteiger partial charge is 0.143 e. The Morgan fingerprint density at radius 2 is 2.05 bits per heavy atom. The summed E-state index contributed by atoms with van der Waals surface area (Å²) >= 11 is 3.15. The second-order valence-corrected chi connectivity index (χ2v) is 6.47. The lowest BCUT2D eigenvalue weighted by Crippen LogP contribution is -2.30. The molecule has 1 aromatic rings. The number of benzene rings is 1. The Morgan fingerprint density at radius 1 is 1.32 bits per heavy atom. The highest BCUT2D eigenvalue weighted by atomic mass is 79.9. The minimum atomic E-state index is -0.429. The van der Waals surface area contributed by atoms with Gasteiger partial charge in [-0.25, -0.2) is 8.78 Å². The normalized spacial score (nSPS) is 23.3. The van der Waals surface area contributed by atoms with Gasteiger partial charge in [0.1, 0.15) is 11.6 Å². The van der Waals surface area contributed by atoms with Crippen LogP contribution in [-0.4, -0.2) is 12.6 Å². The summed E-state index contributed by atoms with van der Waals surface area (Å²) in [4.78, 5) is 0. The Morgan fingerprint density at radius 3 is 2.74 bits per heavy atom. The van der Waals surface area contributed by atoms with Crippen LogP contribution in [0.3, 0.4) is 0 Å². The maximum Gasteiger partial charge on any atom is 0.143 e. The van der Waals surface area contributed by atoms with Crippen LogP contribution < -0.4 is 5.32 Å². The van der Waals surface area contributed by atoms with Crippen molar-refractivity contribution in [2.24, 2.45) is 5.92 Å². The summed E-state index contributed by atoms with van der Waals surface area (Å²) in [6.07, 6.45) is 2.95. The van der Waals surface area contributed by atoms with E-state index in [9.17, 15) is 8.78 Å². The van der Waals surface area contributed by atoms with Crippen molar-refractivity contribution in [3.05, 3.63) is 33.8 Å². The molecule has 0 saturated heterocycles. The third-order valence-corrected chi connectivity index (χ3v) is 4.51. The van der Waals surface area contributed by atoms with Crippen molar-refractivity contribution < 1.29 is 8.78 Å². The van der Waals surface area contributed by atoms with E-state index in [1.807, 2.05) is 0 Å². The van der Waals surface area contributed by atoms with Crippen molar-refractivity contribution in [2.45, 2.75) is 45.1 Å². The Bertz CT molecular complexity index is 448. The summed E-state index contributed by atoms with van der Waals surface area (Å²) in [6, 6.07) is 3.19. The highest BCUT2D eigenvalue weighted by molar-refractivity contribution is 9.10. The first-order valence-electron chi connectivity index (χ1n) is 6.87. The molecule has 2 atom stereocenters. The van der Waals surface area contributed by atoms with Gasteiger partial charge in [-0.05, 0) is 59.3 Å². The second kappa shape index (κ2) is 6.31. The summed E-state index contributed by atoms with van der Waals surface area (Å²) in [5.74, 6) is -0.534. The van der Waals surface area contributed by atoms with E-state index in [4.69, 9.17) is 0 Å². The van der Waals surface area contributed by atoms with Crippen molar-refractivity contribution in [3.8, 4) is 0 Å². The Balaban J connectivity index is 2.22. The van der Waals surface area contributed by atoms with Crippen LogP contribution in [0.5, 0.6) is 0 Å². The Hall–Kier alpha value is -0.480. The fourth-order valence-electron chi connectivity index (χ4n) is 2.93. The monoisotopic (exact) mass is 331 g/mol. The van der Waals surface area contributed by atoms with E-state index in [1.54, 1.807) is 0 Å². The van der Waals surface area contributed by atoms with Crippen molar-refractivity contribution in [1.82, 2.24) is 5.32 Å². The van der Waals surface area contributed by atoms with Crippen LogP contribution in [-0.2, 0) is 0 Å². The third kappa shape index (κ3) is 3.34. The second-order valence-electron chi connectivity index (χ2n) is 5.62. The molecule has 1 aromatic carbocycles. The molecule has 1 aliphatic carbocycles. The first-order valence-corrected chi connectivity index (χ1v) is 7.66. The van der Waals surface area contributed by atoms with Crippen LogP contribution in [0, 0.1) is 17.6 Å². The first-order chi connectivity index (χ1) is 9.00. The molecule has 0 bridgehead atoms. The van der Waals surface area contributed by atoms with E-state index < -0.39 is 11.6 Å². The number of halogens is 3. The Kier molecular flexibility index (Phi) is 4.96. The van der Waals surface area contributed by atoms with Crippen LogP contribution >= 0.6 is 15.9 Å². The van der Waals surface area contributed by atoms with Crippen molar-refractivity contribution in [1.29, 1.82) is 0 Å². The lowest BCUT2D eigenvalue weighted by atomic mass is 9.88. The third-order valence-electron chi connectivity index (χ3n) is 3.90. The quantitative estimate of drug-likeness (QED) is 0.794. The predicted molar refractivity (Wildman–Crippen MR) is 77.3 cm³/mol. The molecule has 1 nitrogen and oxygen atoms in total. The molecule has 2 rings (SSSR count). The molecule has 1 aliphatic rings. The number of rotatable bonds is 4. The van der Waals surface area contributed by atoms with Gasteiger partial charge in [0.05, 0.1) is 4.47 Å². The summed E-state index contributed by atoms with van der Waals surface area (Å²) < 4.78 is 28.5. The van der Waals surface area contributed by atoms with Crippen LogP contribution in [0.2, 0.25) is 0 Å². The standard InChI is InChI=1S/C15H20BrF2N/c1-9(2)19-8-10-4-3-5-11(10)14-13(17)7-6-12(16)15(14)18/h6-7,9-11,19H,3-5,8H2,1-2H3. The van der Waals surface area contributed by atoms with Crippen LogP contribution in [0.25, 0.3) is 0 Å². The topological polar surface area (TPSA) is 12.0 Å². The molecule has 0 radical (unpaired) electrons. The van der Waals surface area contributed by atoms with Crippen LogP contribution in [0.15, 0.2) is 16.6 Å². The molecule has 0 aliphatic heterocycles. The molecule has 1 fully saturated rings. The van der Waals surface area contributed by atoms with Crippen LogP contribution in [0.4, 0.5) is 8.78 Å². The molecule has 4 heteroatoms. The molecular weight excluding hydrogens is 312 g/mol. The van der Waals surface area contributed by atoms with Gasteiger partial charge in [0.15, 0.2) is 0 Å². The summed E-state index contributed by atoms with van der Waals surface area (Å²) in [6.45, 7) is 5.00. The fraction of sp³-hybridized carbons (Fsp3) is 0.600. The zero-order chi connectivity index (χ0) is 14.0. The van der Waals surface area contributed by atoms with Crippen LogP contribution in [0.1, 0.15) is 44.6 Å². The molecule has 0 spiro atoms. The van der Waals surface area contributed by atoms with Gasteiger partial charge in [-0.3, -0.25) is 0 Å². The van der Waals surface area contributed by atoms with Gasteiger partial charge in [-0.2, -0.15) is 0 Å². The molecule has 2 unspecified atom stereocenters. The van der Waals surface area contributed by atoms with Gasteiger partial charge in [-0.15, -0.1) is 0 Å². The molecule has 19 heavy (non-hydrogen) atoms. The summed E-state index contributed by atoms with van der Waals surface area (Å²) in [5, 5.41) is 3.38. The molecular formula is C15H20BrF2N. The van der Waals surface area contributed by atoms with Gasteiger partial charge < -0.3 is 5.32 Å². The van der Waals surface area contributed by atoms with E-state index >= 15 is 0 Å². The lowest BCUT2D eigenvalue weighted by molar-refractivity contribution is 0.401. The van der Waals surface area contributed by atoms with Crippen molar-refractivity contribution in [2.75, 3.05) is 6.54 Å². The molecule has 0 aromatic heterocycles. The van der Waals surface area contributed by atoms with E-state index in [-0.39, 0.29) is 11.5 Å². The molecule has 0 amide bonds. The number of hydrogen-bond acceptors (Lipinski definition) is 1. The maximum atomic E-state index is 14.2. The molecule has 0 heterocycles. The fourth-order valence-corrected chi connectivity index (χ4v) is 3.28. The average molecular weight is 332 g/mol. The van der Waals surface area contributed by atoms with Gasteiger partial charge in [-0.1, -0.05) is 20.3 Å². The predicted octanol–water partition coefficient (Wildman–Crippen LogP) is 4.61. The lowest BCUT2D eigenvalue weighted by Gasteiger charge is -2.23. The van der Waals surface area contributed by atoms with E-state index in [2.05, 4.69) is 35.1 Å². The number of hydrogen-bond donors (Lipinski definition) is 1. The largest absolute Gasteiger partial charge is 0.314 e. The maximum absolute atomic E-state index is 14.2. The van der Waals surface area contributed by atoms with Gasteiger partial charge >= 0.3 is 0 Å².